The van der Waals surface area contributed by atoms with Crippen molar-refractivity contribution < 1.29 is 9.84 Å². The number of aromatic hydroxyl groups is 1. The fourth-order valence-electron chi connectivity index (χ4n) is 4.61. The molecule has 1 saturated carbocycles. The van der Waals surface area contributed by atoms with E-state index in [0.717, 1.165) is 46.4 Å². The highest BCUT2D eigenvalue weighted by atomic mass is 32.1. The molecule has 170 valence electrons. The largest absolute Gasteiger partial charge is 0.506 e. The number of pyridine rings is 1. The van der Waals surface area contributed by atoms with Crippen molar-refractivity contribution in [2.24, 2.45) is 0 Å². The number of phenols is 1. The summed E-state index contributed by atoms with van der Waals surface area (Å²) in [5, 5.41) is 11.7. The van der Waals surface area contributed by atoms with Gasteiger partial charge < -0.3 is 9.84 Å². The van der Waals surface area contributed by atoms with Crippen molar-refractivity contribution >= 4 is 31.6 Å². The topological polar surface area (TPSA) is 77.2 Å². The van der Waals surface area contributed by atoms with E-state index in [1.165, 1.54) is 11.3 Å². The van der Waals surface area contributed by atoms with Crippen LogP contribution < -0.4 is 10.3 Å². The standard InChI is InChI=1S/C27H23N3O3S/c1-15-12-16(10-11-28-15)14-30-25(19-9-8-18(33-2)13-21(19)17-6-7-17)29-26-23(27(30)32)20-4-3-5-22(31)24(20)34-26/h3-5,8-13,17,31H,6-7,14H2,1-2H3. The smallest absolute Gasteiger partial charge is 0.263 e. The van der Waals surface area contributed by atoms with Gasteiger partial charge in [0.25, 0.3) is 5.56 Å². The highest BCUT2D eigenvalue weighted by molar-refractivity contribution is 7.25. The number of methoxy groups -OCH3 is 1. The first kappa shape index (κ1) is 20.9. The first-order valence-electron chi connectivity index (χ1n) is 11.3. The minimum atomic E-state index is -0.108. The van der Waals surface area contributed by atoms with Crippen molar-refractivity contribution in [3.8, 4) is 22.9 Å². The van der Waals surface area contributed by atoms with E-state index < -0.39 is 0 Å². The third-order valence-electron chi connectivity index (χ3n) is 6.42. The molecule has 6 rings (SSSR count). The fraction of sp³-hybridized carbons (Fsp3) is 0.222. The Hall–Kier alpha value is -3.71. The molecule has 0 bridgehead atoms. The molecule has 5 aromatic rings. The Morgan fingerprint density at radius 2 is 2.03 bits per heavy atom. The molecular weight excluding hydrogens is 446 g/mol. The maximum atomic E-state index is 14.0. The molecule has 34 heavy (non-hydrogen) atoms. The highest BCUT2D eigenvalue weighted by Gasteiger charge is 2.29. The summed E-state index contributed by atoms with van der Waals surface area (Å²) < 4.78 is 7.94. The van der Waals surface area contributed by atoms with Crippen molar-refractivity contribution in [3.05, 3.63) is 81.9 Å². The van der Waals surface area contributed by atoms with Gasteiger partial charge in [-0.05, 0) is 73.2 Å². The minimum absolute atomic E-state index is 0.108. The molecular formula is C27H23N3O3S. The molecule has 3 heterocycles. The molecule has 1 aliphatic rings. The molecule has 2 aromatic carbocycles. The van der Waals surface area contributed by atoms with Gasteiger partial charge in [0.1, 0.15) is 22.2 Å². The minimum Gasteiger partial charge on any atom is -0.506 e. The van der Waals surface area contributed by atoms with Crippen molar-refractivity contribution in [3.63, 3.8) is 0 Å². The number of nitrogens with zero attached hydrogens (tertiary/aromatic N) is 3. The number of phenolic OH excluding ortho intramolecular Hbond substituents is 1. The molecule has 0 atom stereocenters. The molecule has 6 nitrogen and oxygen atoms in total. The molecule has 1 aliphatic carbocycles. The zero-order valence-electron chi connectivity index (χ0n) is 18.9. The van der Waals surface area contributed by atoms with E-state index in [-0.39, 0.29) is 11.3 Å². The van der Waals surface area contributed by atoms with Gasteiger partial charge in [0.05, 0.1) is 23.7 Å². The second-order valence-electron chi connectivity index (χ2n) is 8.80. The van der Waals surface area contributed by atoms with Gasteiger partial charge >= 0.3 is 0 Å². The molecule has 1 N–H and O–H groups in total. The lowest BCUT2D eigenvalue weighted by molar-refractivity contribution is 0.414. The maximum Gasteiger partial charge on any atom is 0.263 e. The lowest BCUT2D eigenvalue weighted by Crippen LogP contribution is -2.24. The van der Waals surface area contributed by atoms with E-state index in [9.17, 15) is 9.90 Å². The summed E-state index contributed by atoms with van der Waals surface area (Å²) in [6, 6.07) is 15.2. The van der Waals surface area contributed by atoms with Crippen molar-refractivity contribution in [1.82, 2.24) is 14.5 Å². The van der Waals surface area contributed by atoms with Gasteiger partial charge in [-0.25, -0.2) is 4.98 Å². The Morgan fingerprint density at radius 3 is 2.79 bits per heavy atom. The lowest BCUT2D eigenvalue weighted by atomic mass is 10.0. The van der Waals surface area contributed by atoms with Crippen LogP contribution in [-0.2, 0) is 6.54 Å². The van der Waals surface area contributed by atoms with E-state index in [0.29, 0.717) is 33.2 Å². The first-order chi connectivity index (χ1) is 16.5. The van der Waals surface area contributed by atoms with Crippen LogP contribution in [0.2, 0.25) is 0 Å². The summed E-state index contributed by atoms with van der Waals surface area (Å²) >= 11 is 1.36. The molecule has 0 unspecified atom stereocenters. The Balaban J connectivity index is 1.67. The fourth-order valence-corrected chi connectivity index (χ4v) is 5.68. The van der Waals surface area contributed by atoms with Crippen molar-refractivity contribution in [2.45, 2.75) is 32.2 Å². The number of ether oxygens (including phenoxy) is 1. The van der Waals surface area contributed by atoms with E-state index in [2.05, 4.69) is 11.1 Å². The summed E-state index contributed by atoms with van der Waals surface area (Å²) in [4.78, 5) is 24.0. The average Bonchev–Trinajstić information content (AvgIpc) is 3.61. The van der Waals surface area contributed by atoms with Crippen LogP contribution in [0.25, 0.3) is 31.7 Å². The van der Waals surface area contributed by atoms with Crippen molar-refractivity contribution in [1.29, 1.82) is 0 Å². The van der Waals surface area contributed by atoms with Crippen LogP contribution in [0.15, 0.2) is 59.5 Å². The van der Waals surface area contributed by atoms with E-state index in [4.69, 9.17) is 9.72 Å². The van der Waals surface area contributed by atoms with Crippen LogP contribution in [0.1, 0.15) is 35.6 Å². The van der Waals surface area contributed by atoms with Crippen molar-refractivity contribution in [2.75, 3.05) is 7.11 Å². The van der Waals surface area contributed by atoms with Crippen LogP contribution in [0.5, 0.6) is 11.5 Å². The molecule has 0 spiro atoms. The van der Waals surface area contributed by atoms with Crippen LogP contribution >= 0.6 is 11.3 Å². The summed E-state index contributed by atoms with van der Waals surface area (Å²) in [5.41, 5.74) is 3.89. The second kappa shape index (κ2) is 7.95. The average molecular weight is 470 g/mol. The Morgan fingerprint density at radius 1 is 1.18 bits per heavy atom. The zero-order chi connectivity index (χ0) is 23.4. The molecule has 7 heteroatoms. The zero-order valence-corrected chi connectivity index (χ0v) is 19.7. The van der Waals surface area contributed by atoms with Crippen LogP contribution in [0.3, 0.4) is 0 Å². The van der Waals surface area contributed by atoms with Gasteiger partial charge in [0.15, 0.2) is 0 Å². The second-order valence-corrected chi connectivity index (χ2v) is 9.79. The molecule has 0 amide bonds. The SMILES string of the molecule is COc1ccc(-c2nc3sc4c(O)cccc4c3c(=O)n2Cc2ccnc(C)c2)c(C2CC2)c1. The van der Waals surface area contributed by atoms with Gasteiger partial charge in [-0.3, -0.25) is 14.3 Å². The number of hydrogen-bond acceptors (Lipinski definition) is 6. The number of aryl methyl sites for hydroxylation is 1. The first-order valence-corrected chi connectivity index (χ1v) is 12.1. The van der Waals surface area contributed by atoms with Gasteiger partial charge in [0, 0.05) is 22.8 Å². The van der Waals surface area contributed by atoms with Gasteiger partial charge in [0.2, 0.25) is 0 Å². The number of thiophene rings is 1. The van der Waals surface area contributed by atoms with Gasteiger partial charge in [-0.15, -0.1) is 11.3 Å². The van der Waals surface area contributed by atoms with E-state index in [1.54, 1.807) is 30.0 Å². The summed E-state index contributed by atoms with van der Waals surface area (Å²) in [7, 11) is 1.67. The predicted molar refractivity (Wildman–Crippen MR) is 135 cm³/mol. The Kier molecular flexibility index (Phi) is 4.88. The molecule has 0 radical (unpaired) electrons. The third kappa shape index (κ3) is 3.44. The summed E-state index contributed by atoms with van der Waals surface area (Å²) in [6.07, 6.45) is 4.00. The van der Waals surface area contributed by atoms with Crippen LogP contribution in [0, 0.1) is 6.92 Å². The predicted octanol–water partition coefficient (Wildman–Crippen LogP) is 5.62. The maximum absolute atomic E-state index is 14.0. The van der Waals surface area contributed by atoms with E-state index >= 15 is 0 Å². The highest BCUT2D eigenvalue weighted by Crippen LogP contribution is 2.46. The number of hydrogen-bond donors (Lipinski definition) is 1. The summed E-state index contributed by atoms with van der Waals surface area (Å²) in [6.45, 7) is 2.32. The van der Waals surface area contributed by atoms with Gasteiger partial charge in [-0.2, -0.15) is 0 Å². The molecule has 3 aromatic heterocycles. The van der Waals surface area contributed by atoms with Crippen LogP contribution in [-0.4, -0.2) is 26.8 Å². The molecule has 0 saturated heterocycles. The lowest BCUT2D eigenvalue weighted by Gasteiger charge is -2.16. The number of aromatic nitrogens is 3. The van der Waals surface area contributed by atoms with Crippen LogP contribution in [0.4, 0.5) is 0 Å². The normalized spacial score (nSPS) is 13.6. The quantitative estimate of drug-likeness (QED) is 0.361. The Labute approximate surface area is 200 Å². The number of rotatable bonds is 5. The summed E-state index contributed by atoms with van der Waals surface area (Å²) in [5.74, 6) is 2.06. The van der Waals surface area contributed by atoms with Gasteiger partial charge in [-0.1, -0.05) is 12.1 Å². The molecule has 0 aliphatic heterocycles. The Bertz CT molecular complexity index is 1630. The monoisotopic (exact) mass is 469 g/mol. The molecule has 1 fully saturated rings. The number of fused-ring (bicyclic) bond motifs is 3. The van der Waals surface area contributed by atoms with E-state index in [1.807, 2.05) is 37.3 Å². The third-order valence-corrected chi connectivity index (χ3v) is 7.54. The number of benzene rings is 2.